The summed E-state index contributed by atoms with van der Waals surface area (Å²) in [6, 6.07) is 4.31. The molecule has 4 nitrogen and oxygen atoms in total. The number of alkyl halides is 1. The smallest absolute Gasteiger partial charge is 0.259 e. The van der Waals surface area contributed by atoms with Gasteiger partial charge in [-0.05, 0) is 43.7 Å². The van der Waals surface area contributed by atoms with Crippen molar-refractivity contribution >= 4 is 21.8 Å². The van der Waals surface area contributed by atoms with E-state index >= 15 is 0 Å². The van der Waals surface area contributed by atoms with Gasteiger partial charge in [0.25, 0.3) is 5.91 Å². The first-order chi connectivity index (χ1) is 9.47. The van der Waals surface area contributed by atoms with Crippen molar-refractivity contribution < 1.29 is 15.0 Å². The zero-order chi connectivity index (χ0) is 14.8. The summed E-state index contributed by atoms with van der Waals surface area (Å²) in [5.74, 6) is -0.139. The Kier molecular flexibility index (Phi) is 4.58. The molecule has 3 N–H and O–H groups in total. The van der Waals surface area contributed by atoms with Gasteiger partial charge in [-0.2, -0.15) is 0 Å². The Morgan fingerprint density at radius 1 is 1.35 bits per heavy atom. The third-order valence-electron chi connectivity index (χ3n) is 4.11. The molecule has 1 amide bonds. The number of benzene rings is 1. The molecule has 0 aromatic heterocycles. The fourth-order valence-corrected chi connectivity index (χ4v) is 3.37. The van der Waals surface area contributed by atoms with E-state index in [1.54, 1.807) is 0 Å². The van der Waals surface area contributed by atoms with Crippen LogP contribution in [-0.2, 0) is 0 Å². The molecule has 0 unspecified atom stereocenters. The van der Waals surface area contributed by atoms with Crippen molar-refractivity contribution in [2.75, 3.05) is 5.33 Å². The molecular weight excluding hydrogens is 322 g/mol. The molecule has 110 valence electrons. The van der Waals surface area contributed by atoms with Crippen LogP contribution in [-0.4, -0.2) is 27.0 Å². The predicted molar refractivity (Wildman–Crippen MR) is 81.4 cm³/mol. The van der Waals surface area contributed by atoms with E-state index in [0.29, 0.717) is 11.2 Å². The van der Waals surface area contributed by atoms with E-state index in [9.17, 15) is 15.0 Å². The van der Waals surface area contributed by atoms with Gasteiger partial charge in [-0.1, -0.05) is 28.9 Å². The van der Waals surface area contributed by atoms with Crippen molar-refractivity contribution in [1.82, 2.24) is 5.32 Å². The summed E-state index contributed by atoms with van der Waals surface area (Å²) < 4.78 is 0. The Bertz CT molecular complexity index is 476. The molecule has 0 atom stereocenters. The van der Waals surface area contributed by atoms with Crippen molar-refractivity contribution in [3.8, 4) is 11.5 Å². The van der Waals surface area contributed by atoms with Crippen LogP contribution in [0.1, 0.15) is 43.0 Å². The minimum Gasteiger partial charge on any atom is -0.507 e. The standard InChI is InChI=1S/C15H20BrNO3/c1-10-5-7-15(9-16,8-6-10)17-14(20)13-11(18)3-2-4-12(13)19/h2-4,10,18-19H,5-9H2,1H3,(H,17,20). The molecule has 20 heavy (non-hydrogen) atoms. The molecule has 0 bridgehead atoms. The van der Waals surface area contributed by atoms with Gasteiger partial charge in [0.1, 0.15) is 17.1 Å². The van der Waals surface area contributed by atoms with E-state index in [0.717, 1.165) is 25.7 Å². The lowest BCUT2D eigenvalue weighted by atomic mass is 9.78. The van der Waals surface area contributed by atoms with Crippen LogP contribution in [0, 0.1) is 5.92 Å². The molecule has 1 aromatic carbocycles. The zero-order valence-corrected chi connectivity index (χ0v) is 13.1. The normalized spacial score (nSPS) is 26.2. The van der Waals surface area contributed by atoms with E-state index in [4.69, 9.17) is 0 Å². The van der Waals surface area contributed by atoms with E-state index in [-0.39, 0.29) is 22.6 Å². The summed E-state index contributed by atoms with van der Waals surface area (Å²) in [6.07, 6.45) is 3.94. The second-order valence-electron chi connectivity index (χ2n) is 5.72. The summed E-state index contributed by atoms with van der Waals surface area (Å²) in [4.78, 5) is 12.3. The molecule has 0 spiro atoms. The van der Waals surface area contributed by atoms with Crippen molar-refractivity contribution in [2.45, 2.75) is 38.1 Å². The van der Waals surface area contributed by atoms with Crippen molar-refractivity contribution in [1.29, 1.82) is 0 Å². The first-order valence-corrected chi connectivity index (χ1v) is 7.99. The van der Waals surface area contributed by atoms with Crippen LogP contribution < -0.4 is 5.32 Å². The lowest BCUT2D eigenvalue weighted by Crippen LogP contribution is -2.52. The topological polar surface area (TPSA) is 69.6 Å². The van der Waals surface area contributed by atoms with Gasteiger partial charge in [-0.3, -0.25) is 4.79 Å². The molecule has 1 saturated carbocycles. The highest BCUT2D eigenvalue weighted by Crippen LogP contribution is 2.34. The second-order valence-corrected chi connectivity index (χ2v) is 6.28. The number of aromatic hydroxyl groups is 2. The Hall–Kier alpha value is -1.23. The Morgan fingerprint density at radius 2 is 1.90 bits per heavy atom. The SMILES string of the molecule is CC1CCC(CBr)(NC(=O)c2c(O)cccc2O)CC1. The van der Waals surface area contributed by atoms with Gasteiger partial charge in [-0.25, -0.2) is 0 Å². The fraction of sp³-hybridized carbons (Fsp3) is 0.533. The van der Waals surface area contributed by atoms with E-state index in [1.807, 2.05) is 0 Å². The highest BCUT2D eigenvalue weighted by atomic mass is 79.9. The molecule has 1 aliphatic rings. The van der Waals surface area contributed by atoms with E-state index in [1.165, 1.54) is 18.2 Å². The summed E-state index contributed by atoms with van der Waals surface area (Å²) in [5, 5.41) is 23.2. The van der Waals surface area contributed by atoms with Crippen LogP contribution in [0.25, 0.3) is 0 Å². The van der Waals surface area contributed by atoms with E-state index < -0.39 is 5.91 Å². The molecule has 0 radical (unpaired) electrons. The molecule has 5 heteroatoms. The monoisotopic (exact) mass is 341 g/mol. The fourth-order valence-electron chi connectivity index (χ4n) is 2.67. The molecule has 0 heterocycles. The van der Waals surface area contributed by atoms with Crippen molar-refractivity contribution in [3.05, 3.63) is 23.8 Å². The van der Waals surface area contributed by atoms with Crippen LogP contribution in [0.4, 0.5) is 0 Å². The number of phenolic OH excluding ortho intramolecular Hbond substituents is 2. The van der Waals surface area contributed by atoms with Gasteiger partial charge < -0.3 is 15.5 Å². The lowest BCUT2D eigenvalue weighted by molar-refractivity contribution is 0.0869. The minimum absolute atomic E-state index is 0.0496. The number of carbonyl (C=O) groups excluding carboxylic acids is 1. The van der Waals surface area contributed by atoms with Gasteiger partial charge in [-0.15, -0.1) is 0 Å². The summed E-state index contributed by atoms with van der Waals surface area (Å²) in [5.41, 5.74) is -0.343. The van der Waals surface area contributed by atoms with Crippen molar-refractivity contribution in [2.24, 2.45) is 5.92 Å². The maximum absolute atomic E-state index is 12.3. The van der Waals surface area contributed by atoms with Gasteiger partial charge in [0, 0.05) is 5.33 Å². The Morgan fingerprint density at radius 3 is 2.40 bits per heavy atom. The average Bonchev–Trinajstić information content (AvgIpc) is 2.41. The second kappa shape index (κ2) is 6.04. The number of phenols is 2. The third kappa shape index (κ3) is 3.08. The zero-order valence-electron chi connectivity index (χ0n) is 11.5. The third-order valence-corrected chi connectivity index (χ3v) is 5.19. The first-order valence-electron chi connectivity index (χ1n) is 6.87. The van der Waals surface area contributed by atoms with Gasteiger partial charge in [0.2, 0.25) is 0 Å². The first kappa shape index (κ1) is 15.2. The summed E-state index contributed by atoms with van der Waals surface area (Å²) in [6.45, 7) is 2.22. The summed E-state index contributed by atoms with van der Waals surface area (Å²) >= 11 is 3.49. The van der Waals surface area contributed by atoms with Crippen LogP contribution >= 0.6 is 15.9 Å². The van der Waals surface area contributed by atoms with Crippen LogP contribution in [0.2, 0.25) is 0 Å². The Labute approximate surface area is 127 Å². The molecular formula is C15H20BrNO3. The molecule has 1 aromatic rings. The number of halogens is 1. The van der Waals surface area contributed by atoms with Gasteiger partial charge >= 0.3 is 0 Å². The van der Waals surface area contributed by atoms with Crippen molar-refractivity contribution in [3.63, 3.8) is 0 Å². The number of nitrogens with one attached hydrogen (secondary N) is 1. The predicted octanol–water partition coefficient (Wildman–Crippen LogP) is 3.17. The number of carbonyl (C=O) groups is 1. The average molecular weight is 342 g/mol. The number of hydrogen-bond acceptors (Lipinski definition) is 3. The van der Waals surface area contributed by atoms with Gasteiger partial charge in [0.05, 0.1) is 5.54 Å². The number of hydrogen-bond donors (Lipinski definition) is 3. The molecule has 1 fully saturated rings. The minimum atomic E-state index is -0.422. The quantitative estimate of drug-likeness (QED) is 0.739. The number of amides is 1. The van der Waals surface area contributed by atoms with Crippen LogP contribution in [0.5, 0.6) is 11.5 Å². The molecule has 0 saturated heterocycles. The molecule has 2 rings (SSSR count). The Balaban J connectivity index is 2.18. The largest absolute Gasteiger partial charge is 0.507 e. The lowest BCUT2D eigenvalue weighted by Gasteiger charge is -2.39. The highest BCUT2D eigenvalue weighted by Gasteiger charge is 2.35. The summed E-state index contributed by atoms with van der Waals surface area (Å²) in [7, 11) is 0. The maximum atomic E-state index is 12.3. The molecule has 1 aliphatic carbocycles. The molecule has 0 aliphatic heterocycles. The maximum Gasteiger partial charge on any atom is 0.259 e. The van der Waals surface area contributed by atoms with E-state index in [2.05, 4.69) is 28.2 Å². The van der Waals surface area contributed by atoms with Crippen LogP contribution in [0.3, 0.4) is 0 Å². The highest BCUT2D eigenvalue weighted by molar-refractivity contribution is 9.09. The number of rotatable bonds is 3. The van der Waals surface area contributed by atoms with Gasteiger partial charge in [0.15, 0.2) is 0 Å². The van der Waals surface area contributed by atoms with Crippen LogP contribution in [0.15, 0.2) is 18.2 Å².